The Morgan fingerprint density at radius 1 is 1.19 bits per heavy atom. The molecule has 1 aliphatic carbocycles. The van der Waals surface area contributed by atoms with Gasteiger partial charge in [0, 0.05) is 6.07 Å². The predicted molar refractivity (Wildman–Crippen MR) is 61.3 cm³/mol. The molecular formula is C14H18F2. The van der Waals surface area contributed by atoms with Crippen LogP contribution in [0.1, 0.15) is 45.1 Å². The Labute approximate surface area is 95.7 Å². The van der Waals surface area contributed by atoms with Crippen LogP contribution >= 0.6 is 0 Å². The van der Waals surface area contributed by atoms with Crippen molar-refractivity contribution < 1.29 is 8.78 Å². The molecule has 2 atom stereocenters. The van der Waals surface area contributed by atoms with Crippen LogP contribution in [0, 0.1) is 17.6 Å². The molecule has 0 heterocycles. The first-order chi connectivity index (χ1) is 7.62. The van der Waals surface area contributed by atoms with Crippen LogP contribution in [0.2, 0.25) is 0 Å². The lowest BCUT2D eigenvalue weighted by molar-refractivity contribution is 0.109. The number of rotatable bonds is 3. The number of hydrogen-bond acceptors (Lipinski definition) is 0. The van der Waals surface area contributed by atoms with E-state index in [1.54, 1.807) is 0 Å². The van der Waals surface area contributed by atoms with Gasteiger partial charge in [-0.15, -0.1) is 0 Å². The second kappa shape index (κ2) is 4.15. The van der Waals surface area contributed by atoms with Gasteiger partial charge in [-0.3, -0.25) is 0 Å². The van der Waals surface area contributed by atoms with Gasteiger partial charge in [-0.25, -0.2) is 8.78 Å². The van der Waals surface area contributed by atoms with Crippen LogP contribution in [-0.2, 0) is 5.41 Å². The van der Waals surface area contributed by atoms with Crippen LogP contribution < -0.4 is 0 Å². The molecule has 1 aromatic rings. The van der Waals surface area contributed by atoms with E-state index in [2.05, 4.69) is 13.8 Å². The van der Waals surface area contributed by atoms with Gasteiger partial charge < -0.3 is 0 Å². The van der Waals surface area contributed by atoms with Crippen LogP contribution in [0.5, 0.6) is 0 Å². The highest BCUT2D eigenvalue weighted by molar-refractivity contribution is 5.30. The van der Waals surface area contributed by atoms with E-state index in [0.717, 1.165) is 30.9 Å². The summed E-state index contributed by atoms with van der Waals surface area (Å²) in [6.07, 6.45) is 4.30. The SMILES string of the molecule is CCC1CCC1(CC)c1cc(F)cc(F)c1. The largest absolute Gasteiger partial charge is 0.207 e. The molecule has 1 fully saturated rings. The quantitative estimate of drug-likeness (QED) is 0.712. The summed E-state index contributed by atoms with van der Waals surface area (Å²) in [5, 5.41) is 0. The second-order valence-electron chi connectivity index (χ2n) is 4.81. The van der Waals surface area contributed by atoms with Gasteiger partial charge >= 0.3 is 0 Å². The second-order valence-corrected chi connectivity index (χ2v) is 4.81. The van der Waals surface area contributed by atoms with Gasteiger partial charge in [-0.1, -0.05) is 20.3 Å². The van der Waals surface area contributed by atoms with Gasteiger partial charge in [0.1, 0.15) is 11.6 Å². The average molecular weight is 224 g/mol. The van der Waals surface area contributed by atoms with Gasteiger partial charge in [0.25, 0.3) is 0 Å². The topological polar surface area (TPSA) is 0 Å². The van der Waals surface area contributed by atoms with Gasteiger partial charge in [0.2, 0.25) is 0 Å². The summed E-state index contributed by atoms with van der Waals surface area (Å²) in [5.41, 5.74) is 0.878. The summed E-state index contributed by atoms with van der Waals surface area (Å²) >= 11 is 0. The van der Waals surface area contributed by atoms with Crippen LogP contribution in [0.3, 0.4) is 0 Å². The zero-order valence-electron chi connectivity index (χ0n) is 9.89. The average Bonchev–Trinajstić information content (AvgIpc) is 2.16. The van der Waals surface area contributed by atoms with E-state index in [-0.39, 0.29) is 5.41 Å². The first kappa shape index (κ1) is 11.6. The highest BCUT2D eigenvalue weighted by Crippen LogP contribution is 2.52. The fourth-order valence-corrected chi connectivity index (χ4v) is 3.18. The Hall–Kier alpha value is -0.920. The van der Waals surface area contributed by atoms with Gasteiger partial charge in [-0.2, -0.15) is 0 Å². The van der Waals surface area contributed by atoms with E-state index in [1.165, 1.54) is 18.6 Å². The molecule has 88 valence electrons. The summed E-state index contributed by atoms with van der Waals surface area (Å²) < 4.78 is 26.5. The normalized spacial score (nSPS) is 28.9. The minimum atomic E-state index is -0.454. The van der Waals surface area contributed by atoms with E-state index in [0.29, 0.717) is 5.92 Å². The number of benzene rings is 1. The van der Waals surface area contributed by atoms with Crippen LogP contribution in [0.4, 0.5) is 8.78 Å². The van der Waals surface area contributed by atoms with Gasteiger partial charge in [0.15, 0.2) is 0 Å². The van der Waals surface area contributed by atoms with Crippen molar-refractivity contribution in [3.05, 3.63) is 35.4 Å². The minimum Gasteiger partial charge on any atom is -0.207 e. The third-order valence-corrected chi connectivity index (χ3v) is 4.28. The van der Waals surface area contributed by atoms with Crippen LogP contribution in [0.15, 0.2) is 18.2 Å². The van der Waals surface area contributed by atoms with E-state index in [4.69, 9.17) is 0 Å². The molecule has 0 bridgehead atoms. The fraction of sp³-hybridized carbons (Fsp3) is 0.571. The zero-order valence-corrected chi connectivity index (χ0v) is 9.89. The van der Waals surface area contributed by atoms with E-state index in [9.17, 15) is 8.78 Å². The van der Waals surface area contributed by atoms with E-state index >= 15 is 0 Å². The lowest BCUT2D eigenvalue weighted by atomic mass is 9.54. The first-order valence-corrected chi connectivity index (χ1v) is 6.09. The zero-order chi connectivity index (χ0) is 11.8. The smallest absolute Gasteiger partial charge is 0.126 e. The fourth-order valence-electron chi connectivity index (χ4n) is 3.18. The molecule has 0 radical (unpaired) electrons. The Kier molecular flexibility index (Phi) is 3.00. The molecule has 1 aliphatic rings. The molecule has 2 heteroatoms. The lowest BCUT2D eigenvalue weighted by Gasteiger charge is -2.50. The van der Waals surface area contributed by atoms with E-state index in [1.807, 2.05) is 0 Å². The highest BCUT2D eigenvalue weighted by atomic mass is 19.1. The maximum Gasteiger partial charge on any atom is 0.126 e. The molecule has 16 heavy (non-hydrogen) atoms. The molecule has 0 aromatic heterocycles. The molecule has 0 amide bonds. The van der Waals surface area contributed by atoms with Crippen LogP contribution in [0.25, 0.3) is 0 Å². The van der Waals surface area contributed by atoms with Crippen molar-refractivity contribution in [3.63, 3.8) is 0 Å². The summed E-state index contributed by atoms with van der Waals surface area (Å²) in [5.74, 6) is -0.326. The first-order valence-electron chi connectivity index (χ1n) is 6.09. The lowest BCUT2D eigenvalue weighted by Crippen LogP contribution is -2.43. The van der Waals surface area contributed by atoms with Gasteiger partial charge in [-0.05, 0) is 48.3 Å². The Balaban J connectivity index is 2.40. The molecule has 0 nitrogen and oxygen atoms in total. The summed E-state index contributed by atoms with van der Waals surface area (Å²) in [4.78, 5) is 0. The van der Waals surface area contributed by atoms with Crippen molar-refractivity contribution >= 4 is 0 Å². The monoisotopic (exact) mass is 224 g/mol. The molecular weight excluding hydrogens is 206 g/mol. The van der Waals surface area contributed by atoms with E-state index < -0.39 is 11.6 Å². The van der Waals surface area contributed by atoms with Crippen molar-refractivity contribution in [2.45, 2.75) is 44.9 Å². The third kappa shape index (κ3) is 1.64. The van der Waals surface area contributed by atoms with Crippen molar-refractivity contribution in [1.29, 1.82) is 0 Å². The van der Waals surface area contributed by atoms with Crippen molar-refractivity contribution in [2.24, 2.45) is 5.92 Å². The summed E-state index contributed by atoms with van der Waals surface area (Å²) in [6, 6.07) is 3.97. The van der Waals surface area contributed by atoms with Crippen molar-refractivity contribution in [3.8, 4) is 0 Å². The molecule has 2 rings (SSSR count). The molecule has 1 saturated carbocycles. The molecule has 0 spiro atoms. The maximum atomic E-state index is 13.2. The van der Waals surface area contributed by atoms with Crippen LogP contribution in [-0.4, -0.2) is 0 Å². The van der Waals surface area contributed by atoms with Crippen molar-refractivity contribution in [2.75, 3.05) is 0 Å². The molecule has 0 N–H and O–H groups in total. The third-order valence-electron chi connectivity index (χ3n) is 4.28. The summed E-state index contributed by atoms with van der Waals surface area (Å²) in [7, 11) is 0. The van der Waals surface area contributed by atoms with Crippen molar-refractivity contribution in [1.82, 2.24) is 0 Å². The molecule has 0 aliphatic heterocycles. The Morgan fingerprint density at radius 3 is 2.19 bits per heavy atom. The molecule has 0 saturated heterocycles. The Bertz CT molecular complexity index is 360. The standard InChI is InChI=1S/C14H18F2/c1-3-10-5-6-14(10,4-2)11-7-12(15)9-13(16)8-11/h7-10H,3-6H2,1-2H3. The molecule has 1 aromatic carbocycles. The van der Waals surface area contributed by atoms with Gasteiger partial charge in [0.05, 0.1) is 0 Å². The number of halogens is 2. The number of hydrogen-bond donors (Lipinski definition) is 0. The highest BCUT2D eigenvalue weighted by Gasteiger charge is 2.45. The minimum absolute atomic E-state index is 0.0255. The Morgan fingerprint density at radius 2 is 1.81 bits per heavy atom. The predicted octanol–water partition coefficient (Wildman–Crippen LogP) is 4.43. The maximum absolute atomic E-state index is 13.2. The summed E-state index contributed by atoms with van der Waals surface area (Å²) in [6.45, 7) is 4.27. The molecule has 2 unspecified atom stereocenters.